The molecule has 1 N–H and O–H groups in total. The third-order valence-corrected chi connectivity index (χ3v) is 2.53. The van der Waals surface area contributed by atoms with Crippen LogP contribution in [0.15, 0.2) is 10.2 Å². The van der Waals surface area contributed by atoms with E-state index in [1.165, 1.54) is 0 Å². The van der Waals surface area contributed by atoms with Crippen molar-refractivity contribution in [1.29, 1.82) is 0 Å². The predicted molar refractivity (Wildman–Crippen MR) is 46.5 cm³/mol. The molecule has 2 aliphatic rings. The first-order valence-corrected chi connectivity index (χ1v) is 4.25. The van der Waals surface area contributed by atoms with Crippen molar-refractivity contribution in [3.05, 3.63) is 0 Å². The fourth-order valence-electron chi connectivity index (χ4n) is 1.66. The lowest BCUT2D eigenvalue weighted by Crippen LogP contribution is -2.35. The van der Waals surface area contributed by atoms with E-state index < -0.39 is 11.8 Å². The van der Waals surface area contributed by atoms with Crippen molar-refractivity contribution >= 4 is 12.4 Å². The van der Waals surface area contributed by atoms with Gasteiger partial charge in [-0.3, -0.25) is 0 Å². The molecule has 0 radical (unpaired) electrons. The third kappa shape index (κ3) is 2.00. The number of halogens is 4. The number of alkyl halides is 3. The van der Waals surface area contributed by atoms with Gasteiger partial charge in [0, 0.05) is 6.42 Å². The lowest BCUT2D eigenvalue weighted by molar-refractivity contribution is -0.167. The van der Waals surface area contributed by atoms with Crippen molar-refractivity contribution < 1.29 is 13.2 Å². The van der Waals surface area contributed by atoms with Gasteiger partial charge in [0.2, 0.25) is 0 Å². The summed E-state index contributed by atoms with van der Waals surface area (Å²) in [5.74, 6) is 0.0663. The highest BCUT2D eigenvalue weighted by molar-refractivity contribution is 5.85. The average molecular weight is 230 g/mol. The van der Waals surface area contributed by atoms with Crippen molar-refractivity contribution in [3.63, 3.8) is 0 Å². The minimum atomic E-state index is -4.30. The van der Waals surface area contributed by atoms with Gasteiger partial charge in [0.05, 0.1) is 0 Å². The van der Waals surface area contributed by atoms with Crippen molar-refractivity contribution in [2.75, 3.05) is 13.1 Å². The standard InChI is InChI=1S/C7H10F3N3.ClH/c8-7(9,10)6(12-13-6)3-5-1-2-11-4-5;/h5,11H,1-4H2;1H. The molecule has 0 aliphatic carbocycles. The summed E-state index contributed by atoms with van der Waals surface area (Å²) in [6.45, 7) is 1.46. The fraction of sp³-hybridized carbons (Fsp3) is 1.00. The van der Waals surface area contributed by atoms with Crippen LogP contribution >= 0.6 is 12.4 Å². The second-order valence-electron chi connectivity index (χ2n) is 3.58. The zero-order valence-corrected chi connectivity index (χ0v) is 8.16. The van der Waals surface area contributed by atoms with Crippen LogP contribution in [0.25, 0.3) is 0 Å². The van der Waals surface area contributed by atoms with Crippen molar-refractivity contribution in [1.82, 2.24) is 5.32 Å². The quantitative estimate of drug-likeness (QED) is 0.774. The van der Waals surface area contributed by atoms with Crippen molar-refractivity contribution in [2.24, 2.45) is 16.1 Å². The first kappa shape index (κ1) is 11.7. The molecule has 1 fully saturated rings. The Morgan fingerprint density at radius 3 is 2.36 bits per heavy atom. The molecule has 1 unspecified atom stereocenters. The molecule has 82 valence electrons. The molecule has 1 saturated heterocycles. The van der Waals surface area contributed by atoms with Gasteiger partial charge in [0.1, 0.15) is 0 Å². The molecule has 0 aromatic carbocycles. The summed E-state index contributed by atoms with van der Waals surface area (Å²) < 4.78 is 37.0. The van der Waals surface area contributed by atoms with Crippen LogP contribution in [0.5, 0.6) is 0 Å². The molecule has 0 aromatic heterocycles. The van der Waals surface area contributed by atoms with Crippen LogP contribution in [0.1, 0.15) is 12.8 Å². The largest absolute Gasteiger partial charge is 0.437 e. The van der Waals surface area contributed by atoms with Gasteiger partial charge in [0.15, 0.2) is 0 Å². The van der Waals surface area contributed by atoms with Crippen LogP contribution in [0.4, 0.5) is 13.2 Å². The molecule has 7 heteroatoms. The Bertz CT molecular complexity index is 229. The molecule has 2 rings (SSSR count). The Hall–Kier alpha value is -0.360. The lowest BCUT2D eigenvalue weighted by atomic mass is 9.96. The molecule has 2 heterocycles. The van der Waals surface area contributed by atoms with E-state index in [0.29, 0.717) is 6.54 Å². The molecule has 14 heavy (non-hydrogen) atoms. The third-order valence-electron chi connectivity index (χ3n) is 2.53. The molecule has 3 nitrogen and oxygen atoms in total. The van der Waals surface area contributed by atoms with Gasteiger partial charge >= 0.3 is 6.18 Å². The van der Waals surface area contributed by atoms with E-state index in [1.807, 2.05) is 0 Å². The second kappa shape index (κ2) is 3.66. The Kier molecular flexibility index (Phi) is 3.06. The summed E-state index contributed by atoms with van der Waals surface area (Å²) in [7, 11) is 0. The van der Waals surface area contributed by atoms with E-state index in [0.717, 1.165) is 13.0 Å². The Morgan fingerprint density at radius 1 is 1.36 bits per heavy atom. The van der Waals surface area contributed by atoms with Crippen LogP contribution in [0, 0.1) is 5.92 Å². The first-order chi connectivity index (χ1) is 6.04. The van der Waals surface area contributed by atoms with E-state index in [-0.39, 0.29) is 24.7 Å². The normalized spacial score (nSPS) is 28.6. The van der Waals surface area contributed by atoms with Gasteiger partial charge in [-0.1, -0.05) is 0 Å². The Morgan fingerprint density at radius 2 is 2.00 bits per heavy atom. The second-order valence-corrected chi connectivity index (χ2v) is 3.58. The van der Waals surface area contributed by atoms with Crippen molar-refractivity contribution in [2.45, 2.75) is 24.7 Å². The highest BCUT2D eigenvalue weighted by Crippen LogP contribution is 2.48. The zero-order valence-electron chi connectivity index (χ0n) is 7.34. The highest BCUT2D eigenvalue weighted by atomic mass is 35.5. The van der Waals surface area contributed by atoms with Crippen LogP contribution < -0.4 is 5.32 Å². The van der Waals surface area contributed by atoms with E-state index in [9.17, 15) is 13.2 Å². The van der Waals surface area contributed by atoms with Crippen LogP contribution in [-0.4, -0.2) is 24.9 Å². The lowest BCUT2D eigenvalue weighted by Gasteiger charge is -2.17. The smallest absolute Gasteiger partial charge is 0.316 e. The number of nitrogens with one attached hydrogen (secondary N) is 1. The Labute approximate surface area is 85.6 Å². The summed E-state index contributed by atoms with van der Waals surface area (Å²) in [6.07, 6.45) is -3.48. The maximum atomic E-state index is 12.3. The number of hydrogen-bond donors (Lipinski definition) is 1. The molecular weight excluding hydrogens is 219 g/mol. The average Bonchev–Trinajstić information content (AvgIpc) is 2.59. The summed E-state index contributed by atoms with van der Waals surface area (Å²) in [6, 6.07) is 0. The molecule has 0 spiro atoms. The van der Waals surface area contributed by atoms with E-state index in [1.54, 1.807) is 0 Å². The Balaban J connectivity index is 0.000000980. The molecular formula is C7H11ClF3N3. The molecule has 2 aliphatic heterocycles. The number of rotatable bonds is 2. The van der Waals surface area contributed by atoms with E-state index in [4.69, 9.17) is 0 Å². The van der Waals surface area contributed by atoms with Gasteiger partial charge < -0.3 is 5.32 Å². The molecule has 0 saturated carbocycles. The predicted octanol–water partition coefficient (Wildman–Crippen LogP) is 2.13. The molecule has 0 amide bonds. The topological polar surface area (TPSA) is 36.8 Å². The number of nitrogens with zero attached hydrogens (tertiary/aromatic N) is 2. The van der Waals surface area contributed by atoms with Gasteiger partial charge in [-0.15, -0.1) is 22.6 Å². The van der Waals surface area contributed by atoms with Crippen LogP contribution in [-0.2, 0) is 0 Å². The SMILES string of the molecule is Cl.FC(F)(F)C1(CC2CCNC2)N=N1. The van der Waals surface area contributed by atoms with Crippen LogP contribution in [0.2, 0.25) is 0 Å². The maximum absolute atomic E-state index is 12.3. The highest BCUT2D eigenvalue weighted by Gasteiger charge is 2.64. The first-order valence-electron chi connectivity index (χ1n) is 4.25. The molecule has 1 atom stereocenters. The summed E-state index contributed by atoms with van der Waals surface area (Å²) in [5, 5.41) is 9.31. The maximum Gasteiger partial charge on any atom is 0.437 e. The summed E-state index contributed by atoms with van der Waals surface area (Å²) >= 11 is 0. The summed E-state index contributed by atoms with van der Waals surface area (Å²) in [5.41, 5.74) is -2.04. The van der Waals surface area contributed by atoms with Crippen LogP contribution in [0.3, 0.4) is 0 Å². The minimum Gasteiger partial charge on any atom is -0.316 e. The van der Waals surface area contributed by atoms with Gasteiger partial charge in [-0.25, -0.2) is 0 Å². The molecule has 0 aromatic rings. The van der Waals surface area contributed by atoms with Gasteiger partial charge in [-0.2, -0.15) is 13.2 Å². The van der Waals surface area contributed by atoms with E-state index in [2.05, 4.69) is 15.5 Å². The minimum absolute atomic E-state index is 0. The molecule has 0 bridgehead atoms. The monoisotopic (exact) mass is 229 g/mol. The zero-order chi connectivity index (χ0) is 9.53. The number of hydrogen-bond acceptors (Lipinski definition) is 3. The fourth-order valence-corrected chi connectivity index (χ4v) is 1.66. The van der Waals surface area contributed by atoms with Gasteiger partial charge in [-0.05, 0) is 25.4 Å². The van der Waals surface area contributed by atoms with Gasteiger partial charge in [0.25, 0.3) is 5.66 Å². The summed E-state index contributed by atoms with van der Waals surface area (Å²) in [4.78, 5) is 0. The van der Waals surface area contributed by atoms with E-state index >= 15 is 0 Å². The van der Waals surface area contributed by atoms with Crippen molar-refractivity contribution in [3.8, 4) is 0 Å².